The Balaban J connectivity index is 1.59. The maximum absolute atomic E-state index is 14.5. The van der Waals surface area contributed by atoms with Crippen LogP contribution in [0.25, 0.3) is 12.2 Å². The SMILES string of the molecule is O=C(/C=C/c1ccc(O)cc1)C1=C(O)C(O)([C@@H]2O[C@H](CO)[C@@H](O)[C@H](O)[C@H]2O)C(=O)/C(=C\C2=C(O)C(O)([C@@H]3O[C@H](CO)[C@@H](O)[C@H](O)[C@H]3O)C(O)=C(C(=O)/C=C/c3ccc(O)cc3)C2=O)C1=O. The van der Waals surface area contributed by atoms with Gasteiger partial charge < -0.3 is 86.1 Å². The van der Waals surface area contributed by atoms with Gasteiger partial charge in [-0.3, -0.25) is 24.0 Å². The number of carbonyl (C=O) groups excluding carboxylic acids is 5. The topological polar surface area (TPSA) is 407 Å². The number of hydrogen-bond donors (Lipinski definition) is 15. The highest BCUT2D eigenvalue weighted by Gasteiger charge is 2.64. The smallest absolute Gasteiger partial charge is 0.214 e. The highest BCUT2D eigenvalue weighted by molar-refractivity contribution is 6.42. The number of aliphatic hydroxyl groups excluding tert-OH is 11. The van der Waals surface area contributed by atoms with E-state index in [4.69, 9.17) is 9.47 Å². The van der Waals surface area contributed by atoms with Crippen molar-refractivity contribution in [1.82, 2.24) is 0 Å². The minimum absolute atomic E-state index is 0.0686. The Bertz CT molecular complexity index is 2460. The molecule has 0 spiro atoms. The van der Waals surface area contributed by atoms with E-state index in [9.17, 15) is 101 Å². The molecule has 0 radical (unpaired) electrons. The monoisotopic (exact) mass is 910 g/mol. The molecule has 0 bridgehead atoms. The molecule has 65 heavy (non-hydrogen) atoms. The maximum Gasteiger partial charge on any atom is 0.214 e. The number of phenols is 2. The summed E-state index contributed by atoms with van der Waals surface area (Å²) in [5.41, 5.74) is -13.4. The number of ketones is 5. The van der Waals surface area contributed by atoms with E-state index in [1.54, 1.807) is 0 Å². The normalized spacial score (nSPS) is 34.4. The molecule has 2 fully saturated rings. The van der Waals surface area contributed by atoms with E-state index in [-0.39, 0.29) is 28.7 Å². The summed E-state index contributed by atoms with van der Waals surface area (Å²) in [6.07, 6.45) is -19.9. The summed E-state index contributed by atoms with van der Waals surface area (Å²) in [6, 6.07) is 9.97. The number of allylic oxidation sites excluding steroid dienone is 6. The van der Waals surface area contributed by atoms with E-state index in [0.717, 1.165) is 12.2 Å². The fourth-order valence-electron chi connectivity index (χ4n) is 7.68. The van der Waals surface area contributed by atoms with Crippen LogP contribution >= 0.6 is 0 Å². The van der Waals surface area contributed by atoms with Crippen LogP contribution in [0.2, 0.25) is 0 Å². The van der Waals surface area contributed by atoms with Crippen LogP contribution in [0.1, 0.15) is 11.1 Å². The van der Waals surface area contributed by atoms with Crippen molar-refractivity contribution in [2.75, 3.05) is 13.2 Å². The zero-order chi connectivity index (χ0) is 48.0. The molecule has 4 aliphatic rings. The molecule has 0 aromatic heterocycles. The number of ether oxygens (including phenoxy) is 2. The molecule has 0 amide bonds. The zero-order valence-corrected chi connectivity index (χ0v) is 33.3. The average molecular weight is 911 g/mol. The summed E-state index contributed by atoms with van der Waals surface area (Å²) >= 11 is 0. The summed E-state index contributed by atoms with van der Waals surface area (Å²) in [4.78, 5) is 70.9. The van der Waals surface area contributed by atoms with Crippen LogP contribution in [0.3, 0.4) is 0 Å². The fourth-order valence-corrected chi connectivity index (χ4v) is 7.68. The minimum Gasteiger partial charge on any atom is -0.508 e. The van der Waals surface area contributed by atoms with Gasteiger partial charge in [-0.15, -0.1) is 0 Å². The van der Waals surface area contributed by atoms with Crippen molar-refractivity contribution in [2.24, 2.45) is 0 Å². The second-order valence-corrected chi connectivity index (χ2v) is 15.4. The molecule has 12 atom stereocenters. The third kappa shape index (κ3) is 8.22. The van der Waals surface area contributed by atoms with E-state index < -0.39 is 154 Å². The highest BCUT2D eigenvalue weighted by Crippen LogP contribution is 2.45. The second kappa shape index (κ2) is 18.3. The number of aromatic hydroxyl groups is 2. The predicted octanol–water partition coefficient (Wildman–Crippen LogP) is -3.79. The lowest BCUT2D eigenvalue weighted by Gasteiger charge is -2.47. The Morgan fingerprint density at radius 2 is 0.923 bits per heavy atom. The molecule has 346 valence electrons. The first-order valence-electron chi connectivity index (χ1n) is 19.3. The van der Waals surface area contributed by atoms with Gasteiger partial charge in [0.25, 0.3) is 0 Å². The van der Waals surface area contributed by atoms with E-state index in [2.05, 4.69) is 0 Å². The summed E-state index contributed by atoms with van der Waals surface area (Å²) in [5.74, 6) is -14.7. The summed E-state index contributed by atoms with van der Waals surface area (Å²) in [5, 5.41) is 162. The maximum atomic E-state index is 14.5. The van der Waals surface area contributed by atoms with Gasteiger partial charge in [-0.1, -0.05) is 36.4 Å². The number of Topliss-reactive ketones (excluding diaryl/α,β-unsaturated/α-hetero) is 3. The third-order valence-corrected chi connectivity index (χ3v) is 11.4. The molecular weight excluding hydrogens is 868 g/mol. The number of rotatable bonds is 11. The number of aliphatic hydroxyl groups is 13. The van der Waals surface area contributed by atoms with Gasteiger partial charge in [-0.2, -0.15) is 0 Å². The van der Waals surface area contributed by atoms with Crippen molar-refractivity contribution in [3.63, 3.8) is 0 Å². The first-order chi connectivity index (χ1) is 30.5. The van der Waals surface area contributed by atoms with Gasteiger partial charge in [0.05, 0.1) is 24.4 Å². The van der Waals surface area contributed by atoms with Crippen LogP contribution < -0.4 is 0 Å². The Morgan fingerprint density at radius 3 is 1.34 bits per heavy atom. The van der Waals surface area contributed by atoms with Gasteiger partial charge in [0, 0.05) is 0 Å². The van der Waals surface area contributed by atoms with Gasteiger partial charge in [-0.25, -0.2) is 0 Å². The molecule has 0 saturated carbocycles. The minimum atomic E-state index is -3.89. The number of phenolic OH excluding ortho intramolecular Hbond substituents is 2. The van der Waals surface area contributed by atoms with Gasteiger partial charge >= 0.3 is 0 Å². The van der Waals surface area contributed by atoms with Gasteiger partial charge in [-0.05, 0) is 53.6 Å². The van der Waals surface area contributed by atoms with Crippen LogP contribution in [0.15, 0.2) is 106 Å². The number of hydrogen-bond acceptors (Lipinski definition) is 22. The van der Waals surface area contributed by atoms with E-state index in [0.29, 0.717) is 12.2 Å². The van der Waals surface area contributed by atoms with Crippen molar-refractivity contribution in [2.45, 2.75) is 72.2 Å². The number of carbonyl (C=O) groups is 5. The zero-order valence-electron chi connectivity index (χ0n) is 33.3. The molecule has 6 rings (SSSR count). The number of benzene rings is 2. The third-order valence-electron chi connectivity index (χ3n) is 11.4. The van der Waals surface area contributed by atoms with Crippen LogP contribution in [0.4, 0.5) is 0 Å². The van der Waals surface area contributed by atoms with Gasteiger partial charge in [0.15, 0.2) is 11.6 Å². The fraction of sp³-hybridized carbons (Fsp3) is 0.326. The molecule has 2 aromatic rings. The molecule has 15 N–H and O–H groups in total. The molecule has 2 aromatic carbocycles. The molecule has 22 heteroatoms. The molecule has 2 aliphatic heterocycles. The van der Waals surface area contributed by atoms with Gasteiger partial charge in [0.1, 0.15) is 101 Å². The van der Waals surface area contributed by atoms with E-state index >= 15 is 0 Å². The Labute approximate surface area is 365 Å². The second-order valence-electron chi connectivity index (χ2n) is 15.4. The lowest BCUT2D eigenvalue weighted by atomic mass is 9.70. The highest BCUT2D eigenvalue weighted by atomic mass is 16.6. The Hall–Kier alpha value is -6.25. The molecular formula is C43H42O22. The summed E-state index contributed by atoms with van der Waals surface area (Å²) in [7, 11) is 0. The van der Waals surface area contributed by atoms with Crippen molar-refractivity contribution < 1.29 is 110 Å². The molecule has 2 saturated heterocycles. The van der Waals surface area contributed by atoms with Crippen LogP contribution in [-0.2, 0) is 33.4 Å². The quantitative estimate of drug-likeness (QED) is 0.0759. The first-order valence-corrected chi connectivity index (χ1v) is 19.3. The van der Waals surface area contributed by atoms with Gasteiger partial charge in [0.2, 0.25) is 28.6 Å². The molecule has 22 nitrogen and oxygen atoms in total. The largest absolute Gasteiger partial charge is 0.508 e. The first kappa shape index (κ1) is 48.2. The van der Waals surface area contributed by atoms with E-state index in [1.165, 1.54) is 48.5 Å². The molecule has 2 aliphatic carbocycles. The summed E-state index contributed by atoms with van der Waals surface area (Å²) < 4.78 is 10.7. The molecule has 2 unspecified atom stereocenters. The standard InChI is InChI=1S/C43H42O22/c44-14-24-30(52)32(54)34(56)40(64-24)42(62)36(58)20(28(50)26(38(42)60)22(48)11-5-16-1-7-18(46)8-2-16)13-21-29(51)27(23(49)12-6-17-3-9-19(47)10-4-17)39(61)43(63,37(21)59)41-35(57)33(55)31(53)25(15-45)65-41/h1-13,24-25,30-35,40-41,44-47,52-58,60-63H,14-15H2/b11-5+,12-6+,21-13-/t24-,25-,30-,31-,32+,33+,34-,35-,40-,41-,42?,43?/m1/s1. The Morgan fingerprint density at radius 1 is 0.538 bits per heavy atom. The van der Waals surface area contributed by atoms with Crippen molar-refractivity contribution in [3.05, 3.63) is 117 Å². The Kier molecular flexibility index (Phi) is 13.6. The summed E-state index contributed by atoms with van der Waals surface area (Å²) in [6.45, 7) is -2.32. The lowest BCUT2D eigenvalue weighted by Crippen LogP contribution is -2.69. The molecule has 2 heterocycles. The average Bonchev–Trinajstić information content (AvgIpc) is 3.28. The van der Waals surface area contributed by atoms with Crippen LogP contribution in [-0.4, -0.2) is 191 Å². The predicted molar refractivity (Wildman–Crippen MR) is 214 cm³/mol. The van der Waals surface area contributed by atoms with Crippen LogP contribution in [0.5, 0.6) is 11.5 Å². The van der Waals surface area contributed by atoms with Crippen LogP contribution in [0, 0.1) is 0 Å². The van der Waals surface area contributed by atoms with Crippen molar-refractivity contribution in [3.8, 4) is 11.5 Å². The lowest BCUT2D eigenvalue weighted by molar-refractivity contribution is -0.265. The van der Waals surface area contributed by atoms with Crippen molar-refractivity contribution >= 4 is 41.1 Å². The van der Waals surface area contributed by atoms with E-state index in [1.807, 2.05) is 0 Å². The van der Waals surface area contributed by atoms with Crippen molar-refractivity contribution in [1.29, 1.82) is 0 Å².